The lowest BCUT2D eigenvalue weighted by molar-refractivity contribution is -0.183. The summed E-state index contributed by atoms with van der Waals surface area (Å²) in [6.07, 6.45) is 8.71. The van der Waals surface area contributed by atoms with E-state index in [2.05, 4.69) is 10.1 Å². The van der Waals surface area contributed by atoms with Crippen LogP contribution >= 0.6 is 11.6 Å². The van der Waals surface area contributed by atoms with Crippen LogP contribution < -0.4 is 0 Å². The van der Waals surface area contributed by atoms with Gasteiger partial charge in [0.05, 0.1) is 24.6 Å². The van der Waals surface area contributed by atoms with Gasteiger partial charge in [0.15, 0.2) is 6.29 Å². The van der Waals surface area contributed by atoms with E-state index in [4.69, 9.17) is 26.1 Å². The Morgan fingerprint density at radius 1 is 1.38 bits per heavy atom. The number of halogens is 1. The molecular formula is C17H25ClN4O2. The van der Waals surface area contributed by atoms with E-state index in [0.29, 0.717) is 11.7 Å². The van der Waals surface area contributed by atoms with Crippen molar-refractivity contribution in [2.75, 3.05) is 19.8 Å². The van der Waals surface area contributed by atoms with Crippen LogP contribution in [0.25, 0.3) is 0 Å². The molecule has 7 heteroatoms. The Morgan fingerprint density at radius 3 is 2.79 bits per heavy atom. The summed E-state index contributed by atoms with van der Waals surface area (Å²) < 4.78 is 11.2. The highest BCUT2D eigenvalue weighted by Crippen LogP contribution is 2.15. The van der Waals surface area contributed by atoms with Gasteiger partial charge in [0.1, 0.15) is 11.3 Å². The summed E-state index contributed by atoms with van der Waals surface area (Å²) in [4.78, 5) is 9.02. The molecule has 0 aromatic heterocycles. The lowest BCUT2D eigenvalue weighted by Gasteiger charge is -2.28. The normalized spacial score (nSPS) is 23.9. The van der Waals surface area contributed by atoms with E-state index in [9.17, 15) is 0 Å². The molecule has 1 saturated heterocycles. The second-order valence-electron chi connectivity index (χ2n) is 5.44. The van der Waals surface area contributed by atoms with E-state index in [-0.39, 0.29) is 12.5 Å². The smallest absolute Gasteiger partial charge is 0.159 e. The van der Waals surface area contributed by atoms with E-state index in [1.807, 2.05) is 37.9 Å². The molecule has 2 rings (SSSR count). The molecule has 0 aromatic carbocycles. The zero-order valence-corrected chi connectivity index (χ0v) is 15.2. The lowest BCUT2D eigenvalue weighted by Crippen LogP contribution is -2.33. The lowest BCUT2D eigenvalue weighted by atomic mass is 10.2. The minimum absolute atomic E-state index is 0.133. The van der Waals surface area contributed by atoms with Gasteiger partial charge >= 0.3 is 0 Å². The maximum atomic E-state index is 5.95. The predicted octanol–water partition coefficient (Wildman–Crippen LogP) is 3.35. The van der Waals surface area contributed by atoms with Crippen molar-refractivity contribution in [1.82, 2.24) is 5.01 Å². The number of hydrogen-bond donors (Lipinski definition) is 0. The second-order valence-corrected chi connectivity index (χ2v) is 5.83. The topological polar surface area (TPSA) is 58.8 Å². The third-order valence-electron chi connectivity index (χ3n) is 3.65. The largest absolute Gasteiger partial charge is 0.353 e. The fourth-order valence-corrected chi connectivity index (χ4v) is 2.62. The minimum atomic E-state index is -0.155. The van der Waals surface area contributed by atoms with Crippen LogP contribution in [0.4, 0.5) is 0 Å². The number of dihydropyridines is 1. The number of ether oxygens (including phenoxy) is 2. The summed E-state index contributed by atoms with van der Waals surface area (Å²) in [5.41, 5.74) is 1.57. The summed E-state index contributed by atoms with van der Waals surface area (Å²) in [5, 5.41) is 6.81. The van der Waals surface area contributed by atoms with Gasteiger partial charge in [-0.15, -0.1) is 0 Å². The standard InChI is InChI=1S/C17H25ClN4O2/c1-4-14-15(7-8-16(18)21-14)20-13(3)22(19-5-2)10-9-17-23-11-6-12-24-17/h4-5,7-8,13,17H,6,9-12H2,1-3H3/b14-4+,19-5-,20-15-. The van der Waals surface area contributed by atoms with Crippen LogP contribution in [0.1, 0.15) is 33.6 Å². The highest BCUT2D eigenvalue weighted by molar-refractivity contribution is 6.69. The molecule has 0 N–H and O–H groups in total. The van der Waals surface area contributed by atoms with Crippen molar-refractivity contribution >= 4 is 28.7 Å². The van der Waals surface area contributed by atoms with Gasteiger partial charge in [0.25, 0.3) is 0 Å². The van der Waals surface area contributed by atoms with Crippen LogP contribution in [0.5, 0.6) is 0 Å². The van der Waals surface area contributed by atoms with Crippen molar-refractivity contribution in [3.63, 3.8) is 0 Å². The van der Waals surface area contributed by atoms with E-state index in [0.717, 1.165) is 37.5 Å². The van der Waals surface area contributed by atoms with Gasteiger partial charge in [-0.2, -0.15) is 5.10 Å². The van der Waals surface area contributed by atoms with Gasteiger partial charge in [-0.25, -0.2) is 4.99 Å². The zero-order chi connectivity index (χ0) is 17.4. The number of allylic oxidation sites excluding steroid dienone is 3. The van der Waals surface area contributed by atoms with Crippen molar-refractivity contribution in [2.45, 2.75) is 46.1 Å². The second kappa shape index (κ2) is 9.71. The maximum absolute atomic E-state index is 5.95. The van der Waals surface area contributed by atoms with Crippen molar-refractivity contribution in [2.24, 2.45) is 15.1 Å². The maximum Gasteiger partial charge on any atom is 0.159 e. The first kappa shape index (κ1) is 18.8. The van der Waals surface area contributed by atoms with E-state index in [1.54, 1.807) is 12.3 Å². The molecule has 132 valence electrons. The van der Waals surface area contributed by atoms with Gasteiger partial charge in [-0.3, -0.25) is 10.0 Å². The Hall–Kier alpha value is -1.50. The molecule has 1 fully saturated rings. The summed E-state index contributed by atoms with van der Waals surface area (Å²) in [6, 6.07) is 0. The van der Waals surface area contributed by atoms with E-state index in [1.165, 1.54) is 0 Å². The Bertz CT molecular complexity index is 563. The molecule has 1 unspecified atom stereocenters. The molecule has 0 aliphatic carbocycles. The van der Waals surface area contributed by atoms with Crippen molar-refractivity contribution in [1.29, 1.82) is 0 Å². The minimum Gasteiger partial charge on any atom is -0.353 e. The SMILES string of the molecule is C/C=N\N(CCC1OCCCO1)C(C)/N=C1/C=CC(Cl)=N/C1=C/C. The highest BCUT2D eigenvalue weighted by atomic mass is 35.5. The van der Waals surface area contributed by atoms with Crippen LogP contribution in [-0.2, 0) is 9.47 Å². The predicted molar refractivity (Wildman–Crippen MR) is 98.9 cm³/mol. The Labute approximate surface area is 148 Å². The zero-order valence-electron chi connectivity index (χ0n) is 14.5. The molecule has 2 heterocycles. The Kier molecular flexibility index (Phi) is 7.62. The van der Waals surface area contributed by atoms with Gasteiger partial charge in [0, 0.05) is 19.2 Å². The monoisotopic (exact) mass is 352 g/mol. The first-order chi connectivity index (χ1) is 11.6. The van der Waals surface area contributed by atoms with Gasteiger partial charge in [0.2, 0.25) is 0 Å². The molecular weight excluding hydrogens is 328 g/mol. The number of nitrogens with zero attached hydrogens (tertiary/aromatic N) is 4. The summed E-state index contributed by atoms with van der Waals surface area (Å²) in [6.45, 7) is 8.03. The van der Waals surface area contributed by atoms with E-state index >= 15 is 0 Å². The van der Waals surface area contributed by atoms with Crippen molar-refractivity contribution < 1.29 is 9.47 Å². The fraction of sp³-hybridized carbons (Fsp3) is 0.588. The summed E-state index contributed by atoms with van der Waals surface area (Å²) >= 11 is 5.95. The quantitative estimate of drug-likeness (QED) is 0.544. The first-order valence-corrected chi connectivity index (χ1v) is 8.67. The number of hydrogen-bond acceptors (Lipinski definition) is 6. The third-order valence-corrected chi connectivity index (χ3v) is 3.86. The molecule has 2 aliphatic heterocycles. The van der Waals surface area contributed by atoms with E-state index < -0.39 is 0 Å². The third kappa shape index (κ3) is 5.54. The highest BCUT2D eigenvalue weighted by Gasteiger charge is 2.18. The number of aliphatic imine (C=N–C) groups is 2. The van der Waals surface area contributed by atoms with Crippen LogP contribution in [0.15, 0.2) is 39.0 Å². The Balaban J connectivity index is 2.01. The fourth-order valence-electron chi connectivity index (χ4n) is 2.46. The van der Waals surface area contributed by atoms with Gasteiger partial charge < -0.3 is 9.47 Å². The van der Waals surface area contributed by atoms with Crippen LogP contribution in [0.2, 0.25) is 0 Å². The molecule has 0 aromatic rings. The molecule has 24 heavy (non-hydrogen) atoms. The molecule has 0 amide bonds. The van der Waals surface area contributed by atoms with Crippen LogP contribution in [0, 0.1) is 0 Å². The van der Waals surface area contributed by atoms with Crippen molar-refractivity contribution in [3.8, 4) is 0 Å². The van der Waals surface area contributed by atoms with Crippen LogP contribution in [0.3, 0.4) is 0 Å². The summed E-state index contributed by atoms with van der Waals surface area (Å²) in [5.74, 6) is 0. The van der Waals surface area contributed by atoms with Gasteiger partial charge in [-0.1, -0.05) is 17.7 Å². The average Bonchev–Trinajstić information content (AvgIpc) is 2.60. The number of hydrazone groups is 1. The molecule has 0 saturated carbocycles. The first-order valence-electron chi connectivity index (χ1n) is 8.29. The molecule has 1 atom stereocenters. The molecule has 0 radical (unpaired) electrons. The number of rotatable bonds is 6. The molecule has 6 nitrogen and oxygen atoms in total. The summed E-state index contributed by atoms with van der Waals surface area (Å²) in [7, 11) is 0. The Morgan fingerprint density at radius 2 is 2.12 bits per heavy atom. The molecule has 0 spiro atoms. The molecule has 0 bridgehead atoms. The molecule has 2 aliphatic rings. The van der Waals surface area contributed by atoms with Crippen LogP contribution in [-0.4, -0.2) is 54.3 Å². The van der Waals surface area contributed by atoms with Crippen molar-refractivity contribution in [3.05, 3.63) is 23.9 Å². The van der Waals surface area contributed by atoms with Gasteiger partial charge in [-0.05, 0) is 39.3 Å². The average molecular weight is 353 g/mol.